The van der Waals surface area contributed by atoms with Crippen molar-refractivity contribution in [3.8, 4) is 5.75 Å². The minimum atomic E-state index is -0.0930. The summed E-state index contributed by atoms with van der Waals surface area (Å²) in [5.41, 5.74) is 7.97. The molecule has 0 aromatic heterocycles. The highest BCUT2D eigenvalue weighted by Crippen LogP contribution is 2.22. The first-order valence-corrected chi connectivity index (χ1v) is 4.70. The maximum Gasteiger partial charge on any atom is 0.121 e. The predicted molar refractivity (Wildman–Crippen MR) is 56.4 cm³/mol. The lowest BCUT2D eigenvalue weighted by atomic mass is 10.0. The van der Waals surface area contributed by atoms with Gasteiger partial charge in [0.2, 0.25) is 0 Å². The Hall–Kier alpha value is -1.06. The smallest absolute Gasteiger partial charge is 0.121 e. The number of aryl methyl sites for hydroxylation is 1. The summed E-state index contributed by atoms with van der Waals surface area (Å²) in [5.74, 6) is 0.866. The van der Waals surface area contributed by atoms with Crippen molar-refractivity contribution in [3.63, 3.8) is 0 Å². The Morgan fingerprint density at radius 2 is 2.21 bits per heavy atom. The lowest BCUT2D eigenvalue weighted by molar-refractivity contribution is 0.276. The molecule has 78 valence electrons. The van der Waals surface area contributed by atoms with Crippen LogP contribution in [0.4, 0.5) is 0 Å². The van der Waals surface area contributed by atoms with Crippen LogP contribution in [0, 0.1) is 6.92 Å². The van der Waals surface area contributed by atoms with Crippen LogP contribution in [-0.4, -0.2) is 18.8 Å². The molecule has 0 spiro atoms. The van der Waals surface area contributed by atoms with Crippen LogP contribution >= 0.6 is 0 Å². The quantitative estimate of drug-likeness (QED) is 0.763. The van der Waals surface area contributed by atoms with E-state index in [1.54, 1.807) is 7.11 Å². The fourth-order valence-corrected chi connectivity index (χ4v) is 1.44. The molecule has 0 unspecified atom stereocenters. The first kappa shape index (κ1) is 11.0. The molecule has 0 aliphatic heterocycles. The fraction of sp³-hybridized carbons (Fsp3) is 0.455. The van der Waals surface area contributed by atoms with Gasteiger partial charge in [0.05, 0.1) is 7.11 Å². The Morgan fingerprint density at radius 1 is 1.50 bits per heavy atom. The highest BCUT2D eigenvalue weighted by atomic mass is 16.5. The summed E-state index contributed by atoms with van der Waals surface area (Å²) in [6.45, 7) is 2.10. The van der Waals surface area contributed by atoms with E-state index in [-0.39, 0.29) is 12.6 Å². The molecule has 1 atom stereocenters. The molecule has 14 heavy (non-hydrogen) atoms. The molecule has 1 aromatic rings. The van der Waals surface area contributed by atoms with Crippen LogP contribution in [0.3, 0.4) is 0 Å². The van der Waals surface area contributed by atoms with E-state index in [0.717, 1.165) is 16.9 Å². The largest absolute Gasteiger partial charge is 0.496 e. The van der Waals surface area contributed by atoms with Gasteiger partial charge in [-0.05, 0) is 30.5 Å². The Morgan fingerprint density at radius 3 is 2.71 bits per heavy atom. The van der Waals surface area contributed by atoms with E-state index in [0.29, 0.717) is 6.42 Å². The first-order chi connectivity index (χ1) is 6.69. The van der Waals surface area contributed by atoms with Gasteiger partial charge >= 0.3 is 0 Å². The normalized spacial score (nSPS) is 12.6. The van der Waals surface area contributed by atoms with E-state index in [2.05, 4.69) is 0 Å². The molecule has 0 amide bonds. The van der Waals surface area contributed by atoms with Crippen molar-refractivity contribution in [1.29, 1.82) is 0 Å². The van der Waals surface area contributed by atoms with Gasteiger partial charge in [0.25, 0.3) is 0 Å². The molecule has 0 bridgehead atoms. The van der Waals surface area contributed by atoms with Crippen molar-refractivity contribution in [2.24, 2.45) is 5.73 Å². The van der Waals surface area contributed by atoms with Gasteiger partial charge in [0, 0.05) is 12.6 Å². The number of hydrogen-bond donors (Lipinski definition) is 2. The third kappa shape index (κ3) is 2.47. The van der Waals surface area contributed by atoms with E-state index in [4.69, 9.17) is 15.6 Å². The van der Waals surface area contributed by atoms with Crippen molar-refractivity contribution in [2.75, 3.05) is 13.7 Å². The van der Waals surface area contributed by atoms with Gasteiger partial charge in [-0.15, -0.1) is 0 Å². The summed E-state index contributed by atoms with van der Waals surface area (Å²) in [7, 11) is 1.65. The Labute approximate surface area is 84.5 Å². The second-order valence-electron chi connectivity index (χ2n) is 3.35. The van der Waals surface area contributed by atoms with Crippen LogP contribution in [0.15, 0.2) is 18.2 Å². The van der Waals surface area contributed by atoms with Gasteiger partial charge in [-0.25, -0.2) is 0 Å². The van der Waals surface area contributed by atoms with Crippen molar-refractivity contribution in [3.05, 3.63) is 29.3 Å². The Balaban J connectivity index is 2.85. The second kappa shape index (κ2) is 4.98. The summed E-state index contributed by atoms with van der Waals surface area (Å²) >= 11 is 0. The van der Waals surface area contributed by atoms with Crippen LogP contribution in [-0.2, 0) is 0 Å². The summed E-state index contributed by atoms with van der Waals surface area (Å²) < 4.78 is 5.15. The molecular weight excluding hydrogens is 178 g/mol. The van der Waals surface area contributed by atoms with Gasteiger partial charge < -0.3 is 15.6 Å². The predicted octanol–water partition coefficient (Wildman–Crippen LogP) is 1.39. The number of aliphatic hydroxyl groups excluding tert-OH is 1. The highest BCUT2D eigenvalue weighted by molar-refractivity contribution is 5.37. The van der Waals surface area contributed by atoms with Gasteiger partial charge in [0.15, 0.2) is 0 Å². The summed E-state index contributed by atoms with van der Waals surface area (Å²) in [6.07, 6.45) is 0.589. The van der Waals surface area contributed by atoms with Gasteiger partial charge in [-0.3, -0.25) is 0 Å². The molecule has 3 N–H and O–H groups in total. The first-order valence-electron chi connectivity index (χ1n) is 4.70. The maximum atomic E-state index is 8.76. The molecular formula is C11H17NO2. The van der Waals surface area contributed by atoms with Crippen molar-refractivity contribution in [1.82, 2.24) is 0 Å². The van der Waals surface area contributed by atoms with E-state index < -0.39 is 0 Å². The van der Waals surface area contributed by atoms with Crippen LogP contribution in [0.2, 0.25) is 0 Å². The molecule has 0 radical (unpaired) electrons. The number of ether oxygens (including phenoxy) is 1. The average Bonchev–Trinajstić information content (AvgIpc) is 2.18. The zero-order valence-electron chi connectivity index (χ0n) is 8.66. The number of rotatable bonds is 4. The topological polar surface area (TPSA) is 55.5 Å². The van der Waals surface area contributed by atoms with E-state index in [9.17, 15) is 0 Å². The molecule has 1 aromatic carbocycles. The molecule has 3 nitrogen and oxygen atoms in total. The van der Waals surface area contributed by atoms with Crippen molar-refractivity contribution in [2.45, 2.75) is 19.4 Å². The van der Waals surface area contributed by atoms with Crippen LogP contribution in [0.25, 0.3) is 0 Å². The third-order valence-electron chi connectivity index (χ3n) is 2.29. The summed E-state index contributed by atoms with van der Waals surface area (Å²) in [4.78, 5) is 0. The zero-order chi connectivity index (χ0) is 10.6. The lowest BCUT2D eigenvalue weighted by Gasteiger charge is -2.12. The number of nitrogens with two attached hydrogens (primary N) is 1. The Kier molecular flexibility index (Phi) is 3.92. The fourth-order valence-electron chi connectivity index (χ4n) is 1.44. The SMILES string of the molecule is COc1ccc([C@H](N)CCO)cc1C. The number of methoxy groups -OCH3 is 1. The molecule has 0 fully saturated rings. The van der Waals surface area contributed by atoms with Crippen molar-refractivity contribution >= 4 is 0 Å². The molecule has 0 aliphatic rings. The highest BCUT2D eigenvalue weighted by Gasteiger charge is 2.07. The average molecular weight is 195 g/mol. The van der Waals surface area contributed by atoms with Gasteiger partial charge in [-0.2, -0.15) is 0 Å². The van der Waals surface area contributed by atoms with Crippen LogP contribution in [0.5, 0.6) is 5.75 Å². The van der Waals surface area contributed by atoms with Gasteiger partial charge in [0.1, 0.15) is 5.75 Å². The maximum absolute atomic E-state index is 8.76. The summed E-state index contributed by atoms with van der Waals surface area (Å²) in [6, 6.07) is 5.75. The molecule has 0 aliphatic carbocycles. The molecule has 3 heteroatoms. The number of aliphatic hydroxyl groups is 1. The monoisotopic (exact) mass is 195 g/mol. The second-order valence-corrected chi connectivity index (χ2v) is 3.35. The number of hydrogen-bond acceptors (Lipinski definition) is 3. The third-order valence-corrected chi connectivity index (χ3v) is 2.29. The molecule has 0 heterocycles. The minimum Gasteiger partial charge on any atom is -0.496 e. The van der Waals surface area contributed by atoms with Crippen LogP contribution in [0.1, 0.15) is 23.6 Å². The summed E-state index contributed by atoms with van der Waals surface area (Å²) in [5, 5.41) is 8.76. The van der Waals surface area contributed by atoms with Gasteiger partial charge in [-0.1, -0.05) is 12.1 Å². The lowest BCUT2D eigenvalue weighted by Crippen LogP contribution is -2.12. The number of benzene rings is 1. The van der Waals surface area contributed by atoms with Crippen LogP contribution < -0.4 is 10.5 Å². The standard InChI is InChI=1S/C11H17NO2/c1-8-7-9(10(12)5-6-13)3-4-11(8)14-2/h3-4,7,10,13H,5-6,12H2,1-2H3/t10-/m1/s1. The zero-order valence-corrected chi connectivity index (χ0v) is 8.66. The molecule has 0 saturated carbocycles. The van der Waals surface area contributed by atoms with E-state index >= 15 is 0 Å². The molecule has 0 saturated heterocycles. The molecule has 1 rings (SSSR count). The minimum absolute atomic E-state index is 0.0930. The van der Waals surface area contributed by atoms with E-state index in [1.165, 1.54) is 0 Å². The Bertz CT molecular complexity index is 299. The van der Waals surface area contributed by atoms with E-state index in [1.807, 2.05) is 25.1 Å². The van der Waals surface area contributed by atoms with Crippen molar-refractivity contribution < 1.29 is 9.84 Å².